The number of ether oxygens (including phenoxy) is 2. The van der Waals surface area contributed by atoms with Crippen LogP contribution in [0.2, 0.25) is 0 Å². The van der Waals surface area contributed by atoms with E-state index in [4.69, 9.17) is 9.47 Å². The van der Waals surface area contributed by atoms with Crippen molar-refractivity contribution in [3.05, 3.63) is 60.2 Å². The maximum atomic E-state index is 13.1. The number of likely N-dealkylation sites (tertiary alicyclic amines) is 1. The zero-order valence-corrected chi connectivity index (χ0v) is 15.0. The van der Waals surface area contributed by atoms with Crippen molar-refractivity contribution in [2.75, 3.05) is 26.3 Å². The minimum Gasteiger partial charge on any atom is -0.457 e. The van der Waals surface area contributed by atoms with Gasteiger partial charge < -0.3 is 14.4 Å². The quantitative estimate of drug-likeness (QED) is 0.816. The van der Waals surface area contributed by atoms with E-state index in [9.17, 15) is 4.79 Å². The molecule has 2 aromatic carbocycles. The number of para-hydroxylation sites is 2. The Morgan fingerprint density at radius 2 is 1.54 bits per heavy atom. The number of amides is 1. The SMILES string of the molecule is O=C(c1ccccc1Oc1ccccc1)N1CCC2(CCOCC2)CC1. The van der Waals surface area contributed by atoms with Gasteiger partial charge >= 0.3 is 0 Å². The number of rotatable bonds is 3. The van der Waals surface area contributed by atoms with Crippen molar-refractivity contribution in [2.45, 2.75) is 25.7 Å². The molecule has 26 heavy (non-hydrogen) atoms. The minimum absolute atomic E-state index is 0.0680. The molecule has 0 aliphatic carbocycles. The number of carbonyl (C=O) groups is 1. The molecule has 0 bridgehead atoms. The predicted molar refractivity (Wildman–Crippen MR) is 101 cm³/mol. The van der Waals surface area contributed by atoms with Crippen molar-refractivity contribution in [3.63, 3.8) is 0 Å². The Labute approximate surface area is 154 Å². The fourth-order valence-electron chi connectivity index (χ4n) is 4.01. The molecule has 4 heteroatoms. The normalized spacial score (nSPS) is 19.3. The predicted octanol–water partition coefficient (Wildman–Crippen LogP) is 4.51. The number of benzene rings is 2. The van der Waals surface area contributed by atoms with Crippen molar-refractivity contribution in [1.29, 1.82) is 0 Å². The third-order valence-corrected chi connectivity index (χ3v) is 5.75. The van der Waals surface area contributed by atoms with Gasteiger partial charge in [-0.1, -0.05) is 30.3 Å². The molecule has 0 atom stereocenters. The highest BCUT2D eigenvalue weighted by Gasteiger charge is 2.37. The molecule has 0 N–H and O–H groups in total. The highest BCUT2D eigenvalue weighted by atomic mass is 16.5. The summed E-state index contributed by atoms with van der Waals surface area (Å²) in [5.74, 6) is 1.43. The van der Waals surface area contributed by atoms with Crippen LogP contribution in [0.4, 0.5) is 0 Å². The summed E-state index contributed by atoms with van der Waals surface area (Å²) in [6.07, 6.45) is 4.40. The molecule has 2 fully saturated rings. The van der Waals surface area contributed by atoms with E-state index in [0.29, 0.717) is 16.7 Å². The molecule has 4 nitrogen and oxygen atoms in total. The maximum Gasteiger partial charge on any atom is 0.257 e. The molecule has 0 radical (unpaired) electrons. The van der Waals surface area contributed by atoms with E-state index in [1.807, 2.05) is 59.5 Å². The Morgan fingerprint density at radius 3 is 2.27 bits per heavy atom. The van der Waals surface area contributed by atoms with Gasteiger partial charge in [0.25, 0.3) is 5.91 Å². The average Bonchev–Trinajstić information content (AvgIpc) is 2.70. The molecule has 136 valence electrons. The fourth-order valence-corrected chi connectivity index (χ4v) is 4.01. The molecule has 4 rings (SSSR count). The van der Waals surface area contributed by atoms with Gasteiger partial charge in [-0.05, 0) is 55.4 Å². The number of nitrogens with zero attached hydrogens (tertiary/aromatic N) is 1. The molecule has 2 aliphatic heterocycles. The second-order valence-electron chi connectivity index (χ2n) is 7.32. The molecule has 1 amide bonds. The molecule has 2 aromatic rings. The first-order valence-electron chi connectivity index (χ1n) is 9.45. The summed E-state index contributed by atoms with van der Waals surface area (Å²) in [5, 5.41) is 0. The molecular weight excluding hydrogens is 326 g/mol. The van der Waals surface area contributed by atoms with Gasteiger partial charge in [0, 0.05) is 26.3 Å². The number of hydrogen-bond acceptors (Lipinski definition) is 3. The summed E-state index contributed by atoms with van der Waals surface area (Å²) in [4.78, 5) is 15.1. The summed E-state index contributed by atoms with van der Waals surface area (Å²) < 4.78 is 11.5. The monoisotopic (exact) mass is 351 g/mol. The van der Waals surface area contributed by atoms with Crippen LogP contribution in [-0.4, -0.2) is 37.1 Å². The Hall–Kier alpha value is -2.33. The number of piperidine rings is 1. The molecule has 2 saturated heterocycles. The second-order valence-corrected chi connectivity index (χ2v) is 7.32. The van der Waals surface area contributed by atoms with Crippen LogP contribution in [0.5, 0.6) is 11.5 Å². The molecular formula is C22H25NO3. The van der Waals surface area contributed by atoms with E-state index >= 15 is 0 Å². The van der Waals surface area contributed by atoms with Crippen LogP contribution in [0.3, 0.4) is 0 Å². The molecule has 1 spiro atoms. The van der Waals surface area contributed by atoms with Crippen molar-refractivity contribution in [3.8, 4) is 11.5 Å². The van der Waals surface area contributed by atoms with Gasteiger partial charge in [-0.25, -0.2) is 0 Å². The standard InChI is InChI=1S/C22H25NO3/c24-21(23-14-10-22(11-15-23)12-16-25-17-13-22)19-8-4-5-9-20(19)26-18-6-2-1-3-7-18/h1-9H,10-17H2. The largest absolute Gasteiger partial charge is 0.457 e. The second kappa shape index (κ2) is 7.50. The molecule has 0 saturated carbocycles. The third kappa shape index (κ3) is 3.61. The van der Waals surface area contributed by atoms with Crippen molar-refractivity contribution in [2.24, 2.45) is 5.41 Å². The first-order valence-corrected chi connectivity index (χ1v) is 9.45. The van der Waals surface area contributed by atoms with Crippen LogP contribution in [0.25, 0.3) is 0 Å². The lowest BCUT2D eigenvalue weighted by Gasteiger charge is -2.44. The summed E-state index contributed by atoms with van der Waals surface area (Å²) in [6, 6.07) is 17.1. The van der Waals surface area contributed by atoms with Crippen LogP contribution in [-0.2, 0) is 4.74 Å². The molecule has 2 heterocycles. The van der Waals surface area contributed by atoms with E-state index < -0.39 is 0 Å². The summed E-state index contributed by atoms with van der Waals surface area (Å²) in [7, 11) is 0. The van der Waals surface area contributed by atoms with Crippen LogP contribution in [0.1, 0.15) is 36.0 Å². The van der Waals surface area contributed by atoms with Gasteiger partial charge in [-0.2, -0.15) is 0 Å². The topological polar surface area (TPSA) is 38.8 Å². The highest BCUT2D eigenvalue weighted by Crippen LogP contribution is 2.41. The zero-order chi connectivity index (χ0) is 17.8. The smallest absolute Gasteiger partial charge is 0.257 e. The third-order valence-electron chi connectivity index (χ3n) is 5.75. The van der Waals surface area contributed by atoms with Gasteiger partial charge in [-0.3, -0.25) is 4.79 Å². The van der Waals surface area contributed by atoms with E-state index in [0.717, 1.165) is 57.7 Å². The summed E-state index contributed by atoms with van der Waals surface area (Å²) in [6.45, 7) is 3.36. The lowest BCUT2D eigenvalue weighted by Crippen LogP contribution is -2.45. The Morgan fingerprint density at radius 1 is 0.885 bits per heavy atom. The van der Waals surface area contributed by atoms with Gasteiger partial charge in [-0.15, -0.1) is 0 Å². The van der Waals surface area contributed by atoms with E-state index in [1.54, 1.807) is 0 Å². The minimum atomic E-state index is 0.0680. The van der Waals surface area contributed by atoms with Crippen LogP contribution >= 0.6 is 0 Å². The van der Waals surface area contributed by atoms with Crippen molar-refractivity contribution in [1.82, 2.24) is 4.90 Å². The lowest BCUT2D eigenvalue weighted by atomic mass is 9.72. The highest BCUT2D eigenvalue weighted by molar-refractivity contribution is 5.97. The van der Waals surface area contributed by atoms with Crippen molar-refractivity contribution >= 4 is 5.91 Å². The number of carbonyl (C=O) groups excluding carboxylic acids is 1. The molecule has 0 aromatic heterocycles. The molecule has 0 unspecified atom stereocenters. The summed E-state index contributed by atoms with van der Waals surface area (Å²) in [5.41, 5.74) is 1.02. The van der Waals surface area contributed by atoms with E-state index in [-0.39, 0.29) is 5.91 Å². The Balaban J connectivity index is 1.47. The van der Waals surface area contributed by atoms with Crippen LogP contribution in [0.15, 0.2) is 54.6 Å². The van der Waals surface area contributed by atoms with Gasteiger partial charge in [0.15, 0.2) is 0 Å². The first-order chi connectivity index (χ1) is 12.8. The van der Waals surface area contributed by atoms with E-state index in [2.05, 4.69) is 0 Å². The Kier molecular flexibility index (Phi) is 4.93. The van der Waals surface area contributed by atoms with Crippen LogP contribution < -0.4 is 4.74 Å². The van der Waals surface area contributed by atoms with Gasteiger partial charge in [0.1, 0.15) is 11.5 Å². The van der Waals surface area contributed by atoms with Crippen LogP contribution in [0, 0.1) is 5.41 Å². The van der Waals surface area contributed by atoms with E-state index in [1.165, 1.54) is 0 Å². The first kappa shape index (κ1) is 17.1. The number of hydrogen-bond donors (Lipinski definition) is 0. The fraction of sp³-hybridized carbons (Fsp3) is 0.409. The zero-order valence-electron chi connectivity index (χ0n) is 15.0. The lowest BCUT2D eigenvalue weighted by molar-refractivity contribution is -0.0175. The van der Waals surface area contributed by atoms with Crippen molar-refractivity contribution < 1.29 is 14.3 Å². The van der Waals surface area contributed by atoms with Gasteiger partial charge in [0.2, 0.25) is 0 Å². The maximum absolute atomic E-state index is 13.1. The summed E-state index contributed by atoms with van der Waals surface area (Å²) >= 11 is 0. The average molecular weight is 351 g/mol. The van der Waals surface area contributed by atoms with Gasteiger partial charge in [0.05, 0.1) is 5.56 Å². The molecule has 2 aliphatic rings. The Bertz CT molecular complexity index is 743.